The molecule has 2 amide bonds. The Morgan fingerprint density at radius 3 is 2.56 bits per heavy atom. The van der Waals surface area contributed by atoms with Crippen molar-refractivity contribution in [1.29, 1.82) is 0 Å². The predicted molar refractivity (Wildman–Crippen MR) is 98.9 cm³/mol. The summed E-state index contributed by atoms with van der Waals surface area (Å²) < 4.78 is 27.5. The normalized spacial score (nSPS) is 21.2. The van der Waals surface area contributed by atoms with E-state index in [-0.39, 0.29) is 23.8 Å². The fraction of sp³-hybridized carbons (Fsp3) is 0.524. The lowest BCUT2D eigenvalue weighted by molar-refractivity contribution is -0.142. The van der Waals surface area contributed by atoms with Gasteiger partial charge in [-0.25, -0.2) is 8.78 Å². The van der Waals surface area contributed by atoms with Crippen molar-refractivity contribution in [1.82, 2.24) is 9.80 Å². The smallest absolute Gasteiger partial charge is 0.245 e. The summed E-state index contributed by atoms with van der Waals surface area (Å²) in [6, 6.07) is 3.38. The Morgan fingerprint density at radius 1 is 1.11 bits per heavy atom. The molecule has 0 aromatic heterocycles. The van der Waals surface area contributed by atoms with Crippen LogP contribution >= 0.6 is 0 Å². The highest BCUT2D eigenvalue weighted by Gasteiger charge is 2.34. The first-order valence-corrected chi connectivity index (χ1v) is 9.65. The minimum Gasteiger partial charge on any atom is -0.339 e. The third-order valence-corrected chi connectivity index (χ3v) is 5.70. The fourth-order valence-corrected chi connectivity index (χ4v) is 4.17. The Kier molecular flexibility index (Phi) is 6.24. The van der Waals surface area contributed by atoms with Gasteiger partial charge in [0.1, 0.15) is 11.6 Å². The van der Waals surface area contributed by atoms with Gasteiger partial charge in [0.05, 0.1) is 0 Å². The van der Waals surface area contributed by atoms with Crippen LogP contribution in [0.5, 0.6) is 0 Å². The maximum atomic E-state index is 14.0. The Bertz CT molecular complexity index is 714. The molecule has 2 aliphatic rings. The number of benzene rings is 1. The zero-order valence-corrected chi connectivity index (χ0v) is 15.5. The zero-order valence-electron chi connectivity index (χ0n) is 15.5. The largest absolute Gasteiger partial charge is 0.339 e. The molecule has 0 radical (unpaired) electrons. The number of likely N-dealkylation sites (tertiary alicyclic amines) is 2. The van der Waals surface area contributed by atoms with E-state index in [0.717, 1.165) is 31.4 Å². The highest BCUT2D eigenvalue weighted by Crippen LogP contribution is 2.27. The van der Waals surface area contributed by atoms with Crippen LogP contribution < -0.4 is 0 Å². The number of hydrogen-bond donors (Lipinski definition) is 0. The quantitative estimate of drug-likeness (QED) is 0.757. The Labute approximate surface area is 158 Å². The van der Waals surface area contributed by atoms with Crippen molar-refractivity contribution in [2.45, 2.75) is 44.6 Å². The molecule has 1 aromatic carbocycles. The predicted octanol–water partition coefficient (Wildman–Crippen LogP) is 3.31. The Balaban J connectivity index is 1.66. The van der Waals surface area contributed by atoms with Crippen molar-refractivity contribution in [2.24, 2.45) is 5.92 Å². The number of carbonyl (C=O) groups is 2. The van der Waals surface area contributed by atoms with Gasteiger partial charge in [0.15, 0.2) is 0 Å². The van der Waals surface area contributed by atoms with Gasteiger partial charge >= 0.3 is 0 Å². The average molecular weight is 376 g/mol. The molecular weight excluding hydrogens is 350 g/mol. The van der Waals surface area contributed by atoms with Crippen molar-refractivity contribution >= 4 is 11.8 Å². The summed E-state index contributed by atoms with van der Waals surface area (Å²) in [5, 5.41) is 0. The number of piperidine rings is 2. The van der Waals surface area contributed by atoms with Gasteiger partial charge in [-0.3, -0.25) is 9.59 Å². The molecule has 4 nitrogen and oxygen atoms in total. The van der Waals surface area contributed by atoms with Gasteiger partial charge in [-0.05, 0) is 68.4 Å². The molecule has 6 heteroatoms. The van der Waals surface area contributed by atoms with Crippen LogP contribution in [-0.4, -0.2) is 47.3 Å². The topological polar surface area (TPSA) is 40.6 Å². The minimum atomic E-state index is -0.459. The van der Waals surface area contributed by atoms with E-state index in [1.807, 2.05) is 4.90 Å². The molecule has 0 bridgehead atoms. The van der Waals surface area contributed by atoms with Crippen molar-refractivity contribution in [3.05, 3.63) is 48.1 Å². The molecule has 1 aromatic rings. The van der Waals surface area contributed by atoms with Crippen LogP contribution in [0.1, 0.15) is 37.7 Å². The number of hydrogen-bond acceptors (Lipinski definition) is 2. The van der Waals surface area contributed by atoms with Gasteiger partial charge in [0.2, 0.25) is 11.8 Å². The molecule has 2 saturated heterocycles. The zero-order chi connectivity index (χ0) is 19.4. The van der Waals surface area contributed by atoms with Crippen molar-refractivity contribution < 1.29 is 18.4 Å². The monoisotopic (exact) mass is 376 g/mol. The number of nitrogens with zero attached hydrogens (tertiary/aromatic N) is 2. The summed E-state index contributed by atoms with van der Waals surface area (Å²) in [6.45, 7) is 5.27. The van der Waals surface area contributed by atoms with E-state index in [0.29, 0.717) is 44.5 Å². The van der Waals surface area contributed by atoms with Crippen LogP contribution in [0.2, 0.25) is 0 Å². The summed E-state index contributed by atoms with van der Waals surface area (Å²) >= 11 is 0. The average Bonchev–Trinajstić information content (AvgIpc) is 2.70. The first-order valence-electron chi connectivity index (χ1n) is 9.65. The van der Waals surface area contributed by atoms with Gasteiger partial charge in [0, 0.05) is 31.6 Å². The molecule has 1 atom stereocenters. The lowest BCUT2D eigenvalue weighted by Gasteiger charge is -2.40. The maximum absolute atomic E-state index is 14.0. The van der Waals surface area contributed by atoms with E-state index in [2.05, 4.69) is 6.58 Å². The number of halogens is 2. The summed E-state index contributed by atoms with van der Waals surface area (Å²) in [5.41, 5.74) is 0.325. The SMILES string of the molecule is C=CC(=O)N1CCC(C(=O)N2CCCCC2Cc2cc(F)ccc2F)CC1. The van der Waals surface area contributed by atoms with Crippen molar-refractivity contribution in [3.63, 3.8) is 0 Å². The highest BCUT2D eigenvalue weighted by atomic mass is 19.1. The lowest BCUT2D eigenvalue weighted by atomic mass is 9.90. The van der Waals surface area contributed by atoms with Gasteiger partial charge in [-0.1, -0.05) is 6.58 Å². The van der Waals surface area contributed by atoms with E-state index >= 15 is 0 Å². The second-order valence-electron chi connectivity index (χ2n) is 7.42. The minimum absolute atomic E-state index is 0.0854. The Hall–Kier alpha value is -2.24. The van der Waals surface area contributed by atoms with Gasteiger partial charge in [-0.2, -0.15) is 0 Å². The molecule has 27 heavy (non-hydrogen) atoms. The van der Waals surface area contributed by atoms with Crippen molar-refractivity contribution in [2.75, 3.05) is 19.6 Å². The molecule has 0 N–H and O–H groups in total. The van der Waals surface area contributed by atoms with Gasteiger partial charge in [-0.15, -0.1) is 0 Å². The summed E-state index contributed by atoms with van der Waals surface area (Å²) in [5.74, 6) is -1.01. The molecule has 2 aliphatic heterocycles. The fourth-order valence-electron chi connectivity index (χ4n) is 4.17. The van der Waals surface area contributed by atoms with Crippen LogP contribution in [0.4, 0.5) is 8.78 Å². The van der Waals surface area contributed by atoms with Gasteiger partial charge in [0.25, 0.3) is 0 Å². The molecule has 0 aliphatic carbocycles. The number of rotatable bonds is 4. The molecule has 2 fully saturated rings. The van der Waals surface area contributed by atoms with Crippen LogP contribution in [0.3, 0.4) is 0 Å². The highest BCUT2D eigenvalue weighted by molar-refractivity contribution is 5.87. The first-order chi connectivity index (χ1) is 13.0. The number of carbonyl (C=O) groups excluding carboxylic acids is 2. The number of amides is 2. The summed E-state index contributed by atoms with van der Waals surface area (Å²) in [7, 11) is 0. The van der Waals surface area contributed by atoms with E-state index in [1.165, 1.54) is 12.1 Å². The molecule has 1 unspecified atom stereocenters. The van der Waals surface area contributed by atoms with Crippen LogP contribution in [-0.2, 0) is 16.0 Å². The van der Waals surface area contributed by atoms with Gasteiger partial charge < -0.3 is 9.80 Å². The third-order valence-electron chi connectivity index (χ3n) is 5.70. The van der Waals surface area contributed by atoms with E-state index < -0.39 is 11.6 Å². The second-order valence-corrected chi connectivity index (χ2v) is 7.42. The standard InChI is InChI=1S/C21H26F2N2O2/c1-2-20(26)24-11-8-15(9-12-24)21(27)25-10-4-3-5-18(25)14-16-13-17(22)6-7-19(16)23/h2,6-7,13,15,18H,1,3-5,8-12,14H2. The third kappa shape index (κ3) is 4.54. The Morgan fingerprint density at radius 2 is 1.85 bits per heavy atom. The van der Waals surface area contributed by atoms with Crippen molar-refractivity contribution in [3.8, 4) is 0 Å². The summed E-state index contributed by atoms with van der Waals surface area (Å²) in [4.78, 5) is 28.4. The first kappa shape index (κ1) is 19.5. The molecule has 2 heterocycles. The lowest BCUT2D eigenvalue weighted by Crippen LogP contribution is -2.50. The summed E-state index contributed by atoms with van der Waals surface area (Å²) in [6.07, 6.45) is 5.63. The van der Waals surface area contributed by atoms with E-state index in [9.17, 15) is 18.4 Å². The molecule has 0 spiro atoms. The van der Waals surface area contributed by atoms with Crippen LogP contribution in [0.15, 0.2) is 30.9 Å². The van der Waals surface area contributed by atoms with E-state index in [1.54, 1.807) is 4.90 Å². The second kappa shape index (κ2) is 8.63. The maximum Gasteiger partial charge on any atom is 0.245 e. The molecule has 0 saturated carbocycles. The molecule has 3 rings (SSSR count). The van der Waals surface area contributed by atoms with Crippen LogP contribution in [0, 0.1) is 17.6 Å². The van der Waals surface area contributed by atoms with Crippen LogP contribution in [0.25, 0.3) is 0 Å². The molecular formula is C21H26F2N2O2. The van der Waals surface area contributed by atoms with E-state index in [4.69, 9.17) is 0 Å². The molecule has 146 valence electrons.